The molecule has 6 bridgehead atoms. The topological polar surface area (TPSA) is 153 Å². The predicted octanol–water partition coefficient (Wildman–Crippen LogP) is 13.1. The number of benzene rings is 8. The molecule has 0 saturated carbocycles. The van der Waals surface area contributed by atoms with Crippen molar-refractivity contribution in [3.63, 3.8) is 0 Å². The summed E-state index contributed by atoms with van der Waals surface area (Å²) in [6.07, 6.45) is 0. The van der Waals surface area contributed by atoms with Crippen LogP contribution in [0.15, 0.2) is 194 Å². The fourth-order valence-corrected chi connectivity index (χ4v) is 10.5. The number of rotatable bonds is 8. The number of nitrogens with zero attached hydrogens (tertiary/aromatic N) is 8. The molecule has 0 radical (unpaired) electrons. The Morgan fingerprint density at radius 3 is 0.929 bits per heavy atom. The van der Waals surface area contributed by atoms with E-state index in [1.807, 2.05) is 194 Å². The van der Waals surface area contributed by atoms with E-state index in [0.717, 1.165) is 55.3 Å². The SMILES string of the molecule is [OH-].c1ccc(Oc2ccc3c(c2)-c2nc-3nc3c4cc(Oc5ccccc5)ccc4c4nc5nc(nc6c7cc(Oc8ccccc8)ccc7c(n2)[n]6[Al+][n]43)-c2ccc(Oc3ccccc3)cc2-5)cc1. The number of aromatic nitrogens is 8. The van der Waals surface area contributed by atoms with E-state index >= 15 is 0 Å². The maximum absolute atomic E-state index is 6.47. The van der Waals surface area contributed by atoms with Crippen molar-refractivity contribution < 1.29 is 24.4 Å². The zero-order valence-electron chi connectivity index (χ0n) is 36.7. The van der Waals surface area contributed by atoms with E-state index in [1.165, 1.54) is 0 Å². The molecule has 2 aliphatic rings. The first-order chi connectivity index (χ1) is 34.1. The summed E-state index contributed by atoms with van der Waals surface area (Å²) in [7, 11) is 0. The molecule has 4 aromatic heterocycles. The second-order valence-corrected chi connectivity index (χ2v) is 17.9. The van der Waals surface area contributed by atoms with Gasteiger partial charge in [0.15, 0.2) is 0 Å². The Balaban J connectivity index is 0.00000480. The maximum atomic E-state index is 6.47. The Labute approximate surface area is 404 Å². The standard InChI is InChI=1S/C56H32N8O4.Al.H2O/c1-5-13-33(14-6-1)65-37-21-25-41-45(29-37)53-57-49(41)62-54-47-31-39(67-35-17-9-3-10-18-35)23-27-43(47)51(59-54)64-56-48-32-40(68-36-19-11-4-12-20-36)24-28-44(48)52(60-56)63-55-46-30-38(66-34-15-7-2-8-16-34)22-26-42(46)50(58-55)61-53;;/h1-32H;;1H2/q-2;+3;/p-1. The molecule has 8 aromatic carbocycles. The predicted molar refractivity (Wildman–Crippen MR) is 268 cm³/mol. The monoisotopic (exact) mass is 924 g/mol. The molecular weight excluding hydrogens is 892 g/mol. The van der Waals surface area contributed by atoms with Crippen LogP contribution in [0.3, 0.4) is 0 Å². The molecule has 1 N–H and O–H groups in total. The third kappa shape index (κ3) is 7.06. The number of hydrogen-bond donors (Lipinski definition) is 0. The van der Waals surface area contributed by atoms with Gasteiger partial charge in [-0.25, -0.2) is 0 Å². The van der Waals surface area contributed by atoms with Crippen molar-refractivity contribution in [2.75, 3.05) is 0 Å². The molecule has 0 spiro atoms. The Hall–Kier alpha value is -9.19. The Morgan fingerprint density at radius 1 is 0.271 bits per heavy atom. The van der Waals surface area contributed by atoms with Crippen molar-refractivity contribution in [2.24, 2.45) is 0 Å². The summed E-state index contributed by atoms with van der Waals surface area (Å²) < 4.78 is 30.1. The molecule has 0 amide bonds. The van der Waals surface area contributed by atoms with Crippen molar-refractivity contribution in [3.8, 4) is 91.5 Å². The molecule has 0 saturated heterocycles. The van der Waals surface area contributed by atoms with Crippen LogP contribution in [-0.4, -0.2) is 57.3 Å². The molecular formula is C56H33AlN8O5. The third-order valence-electron chi connectivity index (χ3n) is 12.2. The van der Waals surface area contributed by atoms with Gasteiger partial charge >= 0.3 is 401 Å². The van der Waals surface area contributed by atoms with Gasteiger partial charge in [-0.3, -0.25) is 0 Å². The van der Waals surface area contributed by atoms with Gasteiger partial charge in [0.05, 0.1) is 0 Å². The van der Waals surface area contributed by atoms with Crippen LogP contribution < -0.4 is 18.9 Å². The van der Waals surface area contributed by atoms with Crippen LogP contribution in [0.4, 0.5) is 0 Å². The van der Waals surface area contributed by atoms with Gasteiger partial charge in [-0.15, -0.1) is 0 Å². The van der Waals surface area contributed by atoms with Crippen LogP contribution in [0.25, 0.3) is 89.7 Å². The molecule has 14 rings (SSSR count). The second-order valence-electron chi connectivity index (χ2n) is 16.6. The van der Waals surface area contributed by atoms with Gasteiger partial charge in [0.25, 0.3) is 0 Å². The van der Waals surface area contributed by atoms with Crippen LogP contribution in [0.1, 0.15) is 0 Å². The average molecular weight is 925 g/mol. The van der Waals surface area contributed by atoms with E-state index in [-0.39, 0.29) is 5.48 Å². The number of hydrogen-bond acceptors (Lipinski definition) is 11. The van der Waals surface area contributed by atoms with Crippen molar-refractivity contribution >= 4 is 59.4 Å². The van der Waals surface area contributed by atoms with Crippen LogP contribution in [0, 0.1) is 0 Å². The Morgan fingerprint density at radius 2 is 0.571 bits per heavy atom. The van der Waals surface area contributed by atoms with E-state index in [1.54, 1.807) is 0 Å². The van der Waals surface area contributed by atoms with Crippen LogP contribution in [0.5, 0.6) is 46.0 Å². The molecule has 6 heterocycles. The average Bonchev–Trinajstić information content (AvgIpc) is 4.08. The molecule has 13 nitrogen and oxygen atoms in total. The molecule has 0 atom stereocenters. The molecule has 0 fully saturated rings. The Kier molecular flexibility index (Phi) is 9.70. The van der Waals surface area contributed by atoms with Crippen LogP contribution in [-0.2, 0) is 0 Å². The minimum absolute atomic E-state index is 0. The molecule has 2 aliphatic heterocycles. The second kappa shape index (κ2) is 16.5. The quantitative estimate of drug-likeness (QED) is 0.134. The van der Waals surface area contributed by atoms with Gasteiger partial charge in [-0.2, -0.15) is 0 Å². The van der Waals surface area contributed by atoms with Gasteiger partial charge in [0.1, 0.15) is 0 Å². The van der Waals surface area contributed by atoms with E-state index < -0.39 is 15.2 Å². The van der Waals surface area contributed by atoms with Gasteiger partial charge in [-0.1, -0.05) is 0 Å². The van der Waals surface area contributed by atoms with Crippen molar-refractivity contribution in [2.45, 2.75) is 0 Å². The van der Waals surface area contributed by atoms with E-state index in [4.69, 9.17) is 48.9 Å². The zero-order valence-corrected chi connectivity index (χ0v) is 37.9. The third-order valence-corrected chi connectivity index (χ3v) is 13.7. The van der Waals surface area contributed by atoms with Crippen molar-refractivity contribution in [1.29, 1.82) is 0 Å². The summed E-state index contributed by atoms with van der Waals surface area (Å²) in [5, 5.41) is 3.37. The van der Waals surface area contributed by atoms with E-state index in [9.17, 15) is 0 Å². The first-order valence-corrected chi connectivity index (χ1v) is 23.4. The first kappa shape index (κ1) is 41.0. The molecule has 330 valence electrons. The summed E-state index contributed by atoms with van der Waals surface area (Å²) in [6.45, 7) is 0. The fraction of sp³-hybridized carbons (Fsp3) is 0. The summed E-state index contributed by atoms with van der Waals surface area (Å²) in [6, 6.07) is 62.9. The van der Waals surface area contributed by atoms with Crippen molar-refractivity contribution in [3.05, 3.63) is 194 Å². The van der Waals surface area contributed by atoms with E-state index in [2.05, 4.69) is 6.73 Å². The number of fused-ring (bicyclic) bond motifs is 16. The summed E-state index contributed by atoms with van der Waals surface area (Å²) in [4.78, 5) is 32.4. The van der Waals surface area contributed by atoms with Crippen LogP contribution in [0.2, 0.25) is 0 Å². The minimum atomic E-state index is -0.937. The Bertz CT molecular complexity index is 3880. The van der Waals surface area contributed by atoms with Gasteiger partial charge in [0, 0.05) is 0 Å². The molecule has 14 heteroatoms. The number of para-hydroxylation sites is 4. The molecule has 0 aliphatic carbocycles. The number of ether oxygens (including phenoxy) is 4. The zero-order chi connectivity index (χ0) is 45.4. The fourth-order valence-electron chi connectivity index (χ4n) is 9.06. The van der Waals surface area contributed by atoms with Gasteiger partial charge in [0.2, 0.25) is 0 Å². The summed E-state index contributed by atoms with van der Waals surface area (Å²) in [5.74, 6) is 7.48. The normalized spacial score (nSPS) is 11.5. The summed E-state index contributed by atoms with van der Waals surface area (Å²) in [5.41, 5.74) is 5.86. The molecule has 0 unspecified atom stereocenters. The first-order valence-electron chi connectivity index (χ1n) is 22.3. The van der Waals surface area contributed by atoms with Gasteiger partial charge in [-0.05, 0) is 0 Å². The molecule has 12 aromatic rings. The van der Waals surface area contributed by atoms with Crippen LogP contribution >= 0.6 is 0 Å². The van der Waals surface area contributed by atoms with Crippen molar-refractivity contribution in [1.82, 2.24) is 36.6 Å². The summed E-state index contributed by atoms with van der Waals surface area (Å²) >= 11 is -0.937. The van der Waals surface area contributed by atoms with E-state index in [0.29, 0.717) is 80.4 Å². The van der Waals surface area contributed by atoms with Gasteiger partial charge < -0.3 is 5.48 Å². The molecule has 70 heavy (non-hydrogen) atoms.